The summed E-state index contributed by atoms with van der Waals surface area (Å²) in [6.45, 7) is 8.29. The van der Waals surface area contributed by atoms with E-state index in [1.807, 2.05) is 29.2 Å². The van der Waals surface area contributed by atoms with Crippen molar-refractivity contribution in [2.75, 3.05) is 33.3 Å². The Labute approximate surface area is 140 Å². The van der Waals surface area contributed by atoms with Gasteiger partial charge in [-0.05, 0) is 37.5 Å². The Bertz CT molecular complexity index is 479. The highest BCUT2D eigenvalue weighted by Crippen LogP contribution is 2.14. The van der Waals surface area contributed by atoms with Crippen LogP contribution < -0.4 is 4.74 Å². The zero-order chi connectivity index (χ0) is 16.7. The number of benzene rings is 1. The lowest BCUT2D eigenvalue weighted by molar-refractivity contribution is -0.133. The van der Waals surface area contributed by atoms with E-state index in [0.29, 0.717) is 12.5 Å². The molecule has 23 heavy (non-hydrogen) atoms. The molecule has 0 radical (unpaired) electrons. The van der Waals surface area contributed by atoms with Gasteiger partial charge in [0.05, 0.1) is 7.11 Å². The van der Waals surface area contributed by atoms with E-state index in [2.05, 4.69) is 18.7 Å². The summed E-state index contributed by atoms with van der Waals surface area (Å²) in [5.74, 6) is 1.14. The van der Waals surface area contributed by atoms with Gasteiger partial charge >= 0.3 is 0 Å². The first-order chi connectivity index (χ1) is 11.1. The molecule has 4 nitrogen and oxygen atoms in total. The van der Waals surface area contributed by atoms with Gasteiger partial charge in [-0.1, -0.05) is 25.5 Å². The molecule has 128 valence electrons. The number of ether oxygens (including phenoxy) is 1. The van der Waals surface area contributed by atoms with E-state index in [1.54, 1.807) is 7.11 Å². The number of aryl methyl sites for hydroxylation is 1. The van der Waals surface area contributed by atoms with Crippen LogP contribution in [0.3, 0.4) is 0 Å². The predicted molar refractivity (Wildman–Crippen MR) is 93.8 cm³/mol. The van der Waals surface area contributed by atoms with Crippen LogP contribution in [0.25, 0.3) is 0 Å². The van der Waals surface area contributed by atoms with Gasteiger partial charge in [0.2, 0.25) is 5.91 Å². The van der Waals surface area contributed by atoms with Crippen LogP contribution in [0, 0.1) is 0 Å². The van der Waals surface area contributed by atoms with Crippen LogP contribution >= 0.6 is 0 Å². The molecule has 0 saturated carbocycles. The van der Waals surface area contributed by atoms with Crippen molar-refractivity contribution in [2.24, 2.45) is 0 Å². The molecule has 1 aromatic rings. The number of piperazine rings is 1. The summed E-state index contributed by atoms with van der Waals surface area (Å²) in [5.41, 5.74) is 1.19. The molecule has 1 saturated heterocycles. The van der Waals surface area contributed by atoms with Gasteiger partial charge in [0.25, 0.3) is 0 Å². The van der Waals surface area contributed by atoms with Crippen molar-refractivity contribution < 1.29 is 9.53 Å². The Morgan fingerprint density at radius 3 is 2.39 bits per heavy atom. The van der Waals surface area contributed by atoms with Crippen molar-refractivity contribution >= 4 is 5.91 Å². The smallest absolute Gasteiger partial charge is 0.222 e. The third-order valence-electron chi connectivity index (χ3n) is 4.78. The van der Waals surface area contributed by atoms with Gasteiger partial charge in [-0.2, -0.15) is 0 Å². The second-order valence-corrected chi connectivity index (χ2v) is 6.40. The summed E-state index contributed by atoms with van der Waals surface area (Å²) in [7, 11) is 1.67. The van der Waals surface area contributed by atoms with Crippen LogP contribution in [0.1, 0.15) is 38.7 Å². The zero-order valence-electron chi connectivity index (χ0n) is 14.8. The second-order valence-electron chi connectivity index (χ2n) is 6.40. The third-order valence-corrected chi connectivity index (χ3v) is 4.78. The van der Waals surface area contributed by atoms with Crippen molar-refractivity contribution in [3.05, 3.63) is 29.8 Å². The first kappa shape index (κ1) is 17.8. The maximum Gasteiger partial charge on any atom is 0.222 e. The summed E-state index contributed by atoms with van der Waals surface area (Å²) in [6, 6.07) is 8.62. The average molecular weight is 318 g/mol. The number of methoxy groups -OCH3 is 1. The lowest BCUT2D eigenvalue weighted by atomic mass is 10.1. The Hall–Kier alpha value is -1.55. The highest BCUT2D eigenvalue weighted by atomic mass is 16.5. The molecular weight excluding hydrogens is 288 g/mol. The monoisotopic (exact) mass is 318 g/mol. The largest absolute Gasteiger partial charge is 0.497 e. The predicted octanol–water partition coefficient (Wildman–Crippen LogP) is 2.96. The number of nitrogens with zero attached hydrogens (tertiary/aromatic N) is 2. The maximum absolute atomic E-state index is 12.4. The molecule has 1 heterocycles. The van der Waals surface area contributed by atoms with Crippen molar-refractivity contribution in [2.45, 2.75) is 45.6 Å². The van der Waals surface area contributed by atoms with Crippen LogP contribution in [-0.4, -0.2) is 55.0 Å². The number of rotatable bonds is 7. The Kier molecular flexibility index (Phi) is 6.90. The van der Waals surface area contributed by atoms with Crippen LogP contribution in [0.15, 0.2) is 24.3 Å². The van der Waals surface area contributed by atoms with E-state index in [1.165, 1.54) is 18.4 Å². The topological polar surface area (TPSA) is 32.8 Å². The van der Waals surface area contributed by atoms with Gasteiger partial charge < -0.3 is 9.64 Å². The minimum Gasteiger partial charge on any atom is -0.497 e. The molecule has 1 fully saturated rings. The van der Waals surface area contributed by atoms with Crippen molar-refractivity contribution in [1.29, 1.82) is 0 Å². The molecule has 0 unspecified atom stereocenters. The SMILES string of the molecule is CCC[C@H](C)N1CCN(C(=O)CCc2ccc(OC)cc2)CC1. The summed E-state index contributed by atoms with van der Waals surface area (Å²) in [6.07, 6.45) is 3.86. The Morgan fingerprint density at radius 1 is 1.17 bits per heavy atom. The average Bonchev–Trinajstić information content (AvgIpc) is 2.60. The number of carbonyl (C=O) groups excluding carboxylic acids is 1. The van der Waals surface area contributed by atoms with Gasteiger partial charge in [0, 0.05) is 38.6 Å². The Morgan fingerprint density at radius 2 is 1.83 bits per heavy atom. The van der Waals surface area contributed by atoms with Crippen LogP contribution in [0.4, 0.5) is 0 Å². The van der Waals surface area contributed by atoms with Crippen LogP contribution in [-0.2, 0) is 11.2 Å². The van der Waals surface area contributed by atoms with Crippen molar-refractivity contribution in [3.8, 4) is 5.75 Å². The minimum absolute atomic E-state index is 0.281. The normalized spacial score (nSPS) is 17.1. The quantitative estimate of drug-likeness (QED) is 0.775. The fourth-order valence-electron chi connectivity index (χ4n) is 3.21. The first-order valence-electron chi connectivity index (χ1n) is 8.78. The van der Waals surface area contributed by atoms with Crippen molar-refractivity contribution in [1.82, 2.24) is 9.80 Å². The molecule has 0 aromatic heterocycles. The van der Waals surface area contributed by atoms with Crippen LogP contribution in [0.5, 0.6) is 5.75 Å². The highest BCUT2D eigenvalue weighted by Gasteiger charge is 2.23. The fraction of sp³-hybridized carbons (Fsp3) is 0.632. The fourth-order valence-corrected chi connectivity index (χ4v) is 3.21. The van der Waals surface area contributed by atoms with Gasteiger partial charge in [-0.25, -0.2) is 0 Å². The number of hydrogen-bond acceptors (Lipinski definition) is 3. The molecule has 1 aromatic carbocycles. The lowest BCUT2D eigenvalue weighted by Gasteiger charge is -2.38. The van der Waals surface area contributed by atoms with E-state index in [-0.39, 0.29) is 5.91 Å². The van der Waals surface area contributed by atoms with E-state index in [9.17, 15) is 4.79 Å². The summed E-state index contributed by atoms with van der Waals surface area (Å²) in [5, 5.41) is 0. The molecule has 0 N–H and O–H groups in total. The molecular formula is C19H30N2O2. The molecule has 1 aliphatic rings. The van der Waals surface area contributed by atoms with E-state index in [4.69, 9.17) is 4.74 Å². The van der Waals surface area contributed by atoms with Gasteiger partial charge in [0.15, 0.2) is 0 Å². The lowest BCUT2D eigenvalue weighted by Crippen LogP contribution is -2.51. The van der Waals surface area contributed by atoms with E-state index < -0.39 is 0 Å². The van der Waals surface area contributed by atoms with E-state index in [0.717, 1.165) is 38.3 Å². The molecule has 2 rings (SSSR count). The molecule has 1 amide bonds. The summed E-state index contributed by atoms with van der Waals surface area (Å²) >= 11 is 0. The minimum atomic E-state index is 0.281. The standard InChI is InChI=1S/C19H30N2O2/c1-4-5-16(2)20-12-14-21(15-13-20)19(22)11-8-17-6-9-18(23-3)10-7-17/h6-7,9-10,16H,4-5,8,11-15H2,1-3H3/t16-/m0/s1. The second kappa shape index (κ2) is 8.92. The summed E-state index contributed by atoms with van der Waals surface area (Å²) in [4.78, 5) is 16.9. The highest BCUT2D eigenvalue weighted by molar-refractivity contribution is 5.76. The molecule has 0 spiro atoms. The molecule has 1 aliphatic heterocycles. The van der Waals surface area contributed by atoms with Gasteiger partial charge in [-0.15, -0.1) is 0 Å². The van der Waals surface area contributed by atoms with Gasteiger partial charge in [0.1, 0.15) is 5.75 Å². The first-order valence-corrected chi connectivity index (χ1v) is 8.78. The summed E-state index contributed by atoms with van der Waals surface area (Å²) < 4.78 is 5.16. The van der Waals surface area contributed by atoms with Crippen molar-refractivity contribution in [3.63, 3.8) is 0 Å². The molecule has 0 aliphatic carbocycles. The third kappa shape index (κ3) is 5.24. The maximum atomic E-state index is 12.4. The number of amides is 1. The number of hydrogen-bond donors (Lipinski definition) is 0. The zero-order valence-corrected chi connectivity index (χ0v) is 14.8. The van der Waals surface area contributed by atoms with E-state index >= 15 is 0 Å². The molecule has 0 bridgehead atoms. The molecule has 4 heteroatoms. The van der Waals surface area contributed by atoms with Crippen LogP contribution in [0.2, 0.25) is 0 Å². The Balaban J connectivity index is 1.74. The number of carbonyl (C=O) groups is 1. The van der Waals surface area contributed by atoms with Gasteiger partial charge in [-0.3, -0.25) is 9.69 Å². The molecule has 1 atom stereocenters.